The molecule has 2 aromatic carbocycles. The number of imide groups is 1. The number of hydrogen-bond donors (Lipinski definition) is 1. The molecule has 28 heavy (non-hydrogen) atoms. The molecular formula is C18H18N2O7S. The summed E-state index contributed by atoms with van der Waals surface area (Å²) in [5.41, 5.74) is 0.0727. The van der Waals surface area contributed by atoms with E-state index in [-0.39, 0.29) is 35.6 Å². The third kappa shape index (κ3) is 5.55. The number of rotatable bonds is 10. The molecule has 2 amide bonds. The second kappa shape index (κ2) is 9.00. The van der Waals surface area contributed by atoms with E-state index in [1.807, 2.05) is 0 Å². The van der Waals surface area contributed by atoms with Crippen molar-refractivity contribution < 1.29 is 32.3 Å². The highest BCUT2D eigenvalue weighted by Crippen LogP contribution is 2.36. The minimum atomic E-state index is -3.65. The van der Waals surface area contributed by atoms with E-state index in [1.165, 1.54) is 19.2 Å². The summed E-state index contributed by atoms with van der Waals surface area (Å²) in [5.74, 6) is -0.0947. The van der Waals surface area contributed by atoms with Gasteiger partial charge < -0.3 is 9.47 Å². The van der Waals surface area contributed by atoms with E-state index in [2.05, 4.69) is 4.72 Å². The molecule has 0 unspecified atom stereocenters. The van der Waals surface area contributed by atoms with Crippen molar-refractivity contribution in [3.05, 3.63) is 48.0 Å². The largest absolute Gasteiger partial charge is 0.496 e. The van der Waals surface area contributed by atoms with Crippen LogP contribution in [0.2, 0.25) is 0 Å². The molecule has 0 fully saturated rings. The minimum Gasteiger partial charge on any atom is -0.496 e. The number of carbonyl (C=O) groups is 3. The van der Waals surface area contributed by atoms with E-state index in [1.54, 1.807) is 30.3 Å². The van der Waals surface area contributed by atoms with Gasteiger partial charge in [-0.1, -0.05) is 18.2 Å². The Balaban J connectivity index is 2.53. The number of methoxy groups -OCH3 is 1. The van der Waals surface area contributed by atoms with Crippen LogP contribution in [0.1, 0.15) is 10.4 Å². The fourth-order valence-electron chi connectivity index (χ4n) is 2.28. The number of amides is 2. The van der Waals surface area contributed by atoms with Gasteiger partial charge in [-0.05, 0) is 18.2 Å². The number of ether oxygens (including phenoxy) is 2. The van der Waals surface area contributed by atoms with Gasteiger partial charge in [0.2, 0.25) is 22.8 Å². The number of nitrogens with zero attached hydrogens (tertiary/aromatic N) is 1. The maximum atomic E-state index is 12.5. The maximum absolute atomic E-state index is 12.5. The Kier molecular flexibility index (Phi) is 6.72. The summed E-state index contributed by atoms with van der Waals surface area (Å²) in [6.07, 6.45) is 1.41. The highest BCUT2D eigenvalue weighted by Gasteiger charge is 2.21. The van der Waals surface area contributed by atoms with Crippen LogP contribution in [0.15, 0.2) is 42.5 Å². The third-order valence-corrected chi connectivity index (χ3v) is 4.06. The zero-order valence-corrected chi connectivity index (χ0v) is 15.9. The molecule has 10 heteroatoms. The van der Waals surface area contributed by atoms with Crippen molar-refractivity contribution in [2.75, 3.05) is 24.6 Å². The molecule has 0 atom stereocenters. The Labute approximate surface area is 161 Å². The van der Waals surface area contributed by atoms with Crippen LogP contribution in [0.3, 0.4) is 0 Å². The second-order valence-electron chi connectivity index (χ2n) is 5.64. The molecular weight excluding hydrogens is 388 g/mol. The zero-order valence-electron chi connectivity index (χ0n) is 15.1. The van der Waals surface area contributed by atoms with E-state index in [9.17, 15) is 22.8 Å². The molecule has 0 bridgehead atoms. The quantitative estimate of drug-likeness (QED) is 0.471. The van der Waals surface area contributed by atoms with Crippen LogP contribution in [0.4, 0.5) is 5.69 Å². The van der Waals surface area contributed by atoms with Gasteiger partial charge >= 0.3 is 0 Å². The summed E-state index contributed by atoms with van der Waals surface area (Å²) in [5, 5.41) is 0. The predicted molar refractivity (Wildman–Crippen MR) is 101 cm³/mol. The summed E-state index contributed by atoms with van der Waals surface area (Å²) in [4.78, 5) is 34.7. The van der Waals surface area contributed by atoms with Gasteiger partial charge in [-0.15, -0.1) is 0 Å². The number of carbonyl (C=O) groups excluding carboxylic acids is 3. The first-order valence-corrected chi connectivity index (χ1v) is 9.78. The van der Waals surface area contributed by atoms with Crippen LogP contribution in [-0.2, 0) is 19.6 Å². The number of nitrogens with one attached hydrogen (secondary N) is 1. The Morgan fingerprint density at radius 1 is 1.11 bits per heavy atom. The highest BCUT2D eigenvalue weighted by molar-refractivity contribution is 7.92. The fourth-order valence-corrected chi connectivity index (χ4v) is 2.84. The number of ketones is 1. The van der Waals surface area contributed by atoms with Crippen LogP contribution in [0.5, 0.6) is 17.2 Å². The first-order chi connectivity index (χ1) is 13.3. The van der Waals surface area contributed by atoms with Crippen LogP contribution < -0.4 is 14.2 Å². The molecule has 1 N–H and O–H groups in total. The standard InChI is InChI=1S/C18H18N2O7S/c1-26-17-9-15(19-28(2,24)25)18(27-13-6-4-3-5-7-13)8-14(17)16(23)10-20(11-21)12-22/h3-9,11-12,19H,10H2,1-2H3. The van der Waals surface area contributed by atoms with Gasteiger partial charge in [0.15, 0.2) is 11.5 Å². The number of para-hydroxylation sites is 1. The molecule has 0 spiro atoms. The van der Waals surface area contributed by atoms with Crippen LogP contribution in [0.25, 0.3) is 0 Å². The lowest BCUT2D eigenvalue weighted by atomic mass is 10.1. The molecule has 148 valence electrons. The lowest BCUT2D eigenvalue weighted by Crippen LogP contribution is -2.27. The smallest absolute Gasteiger partial charge is 0.229 e. The normalized spacial score (nSPS) is 10.6. The van der Waals surface area contributed by atoms with Crippen LogP contribution in [0, 0.1) is 0 Å². The number of Topliss-reactive ketones (excluding diaryl/α,β-unsaturated/α-hetero) is 1. The number of anilines is 1. The monoisotopic (exact) mass is 406 g/mol. The molecule has 2 aromatic rings. The molecule has 0 aliphatic rings. The Morgan fingerprint density at radius 2 is 1.75 bits per heavy atom. The Bertz CT molecular complexity index is 967. The number of sulfonamides is 1. The van der Waals surface area contributed by atoms with Crippen molar-refractivity contribution >= 4 is 34.3 Å². The van der Waals surface area contributed by atoms with Gasteiger partial charge in [-0.25, -0.2) is 8.42 Å². The van der Waals surface area contributed by atoms with E-state index in [4.69, 9.17) is 9.47 Å². The van der Waals surface area contributed by atoms with E-state index < -0.39 is 22.4 Å². The summed E-state index contributed by atoms with van der Waals surface area (Å²) >= 11 is 0. The average Bonchev–Trinajstić information content (AvgIpc) is 2.66. The molecule has 0 aliphatic heterocycles. The van der Waals surface area contributed by atoms with Gasteiger partial charge in [0.05, 0.1) is 31.2 Å². The summed E-state index contributed by atoms with van der Waals surface area (Å²) < 4.78 is 36.6. The van der Waals surface area contributed by atoms with E-state index in [0.29, 0.717) is 10.6 Å². The van der Waals surface area contributed by atoms with Crippen LogP contribution in [-0.4, -0.2) is 51.8 Å². The average molecular weight is 406 g/mol. The topological polar surface area (TPSA) is 119 Å². The van der Waals surface area contributed by atoms with E-state index in [0.717, 1.165) is 6.26 Å². The zero-order chi connectivity index (χ0) is 20.7. The van der Waals surface area contributed by atoms with E-state index >= 15 is 0 Å². The number of hydrogen-bond acceptors (Lipinski definition) is 7. The van der Waals surface area contributed by atoms with Crippen molar-refractivity contribution in [3.8, 4) is 17.2 Å². The lowest BCUT2D eigenvalue weighted by Gasteiger charge is -2.17. The van der Waals surface area contributed by atoms with Crippen molar-refractivity contribution in [1.82, 2.24) is 4.90 Å². The highest BCUT2D eigenvalue weighted by atomic mass is 32.2. The summed E-state index contributed by atoms with van der Waals surface area (Å²) in [6.45, 7) is -0.507. The first-order valence-electron chi connectivity index (χ1n) is 7.89. The summed E-state index contributed by atoms with van der Waals surface area (Å²) in [6, 6.07) is 11.1. The summed E-state index contributed by atoms with van der Waals surface area (Å²) in [7, 11) is -2.35. The van der Waals surface area contributed by atoms with Crippen molar-refractivity contribution in [2.24, 2.45) is 0 Å². The van der Waals surface area contributed by atoms with Gasteiger partial charge in [0.25, 0.3) is 0 Å². The van der Waals surface area contributed by atoms with Gasteiger partial charge in [-0.2, -0.15) is 0 Å². The fraction of sp³-hybridized carbons (Fsp3) is 0.167. The minimum absolute atomic E-state index is 0.0150. The molecule has 9 nitrogen and oxygen atoms in total. The van der Waals surface area contributed by atoms with Crippen molar-refractivity contribution in [3.63, 3.8) is 0 Å². The van der Waals surface area contributed by atoms with Crippen molar-refractivity contribution in [2.45, 2.75) is 0 Å². The Hall–Kier alpha value is -3.40. The molecule has 2 rings (SSSR count). The van der Waals surface area contributed by atoms with Gasteiger partial charge in [0.1, 0.15) is 11.5 Å². The number of benzene rings is 2. The molecule has 0 heterocycles. The first kappa shape index (κ1) is 20.9. The predicted octanol–water partition coefficient (Wildman–Crippen LogP) is 1.66. The maximum Gasteiger partial charge on any atom is 0.229 e. The molecule has 0 aliphatic carbocycles. The third-order valence-electron chi connectivity index (χ3n) is 3.47. The van der Waals surface area contributed by atoms with Gasteiger partial charge in [-0.3, -0.25) is 24.0 Å². The Morgan fingerprint density at radius 3 is 2.29 bits per heavy atom. The second-order valence-corrected chi connectivity index (χ2v) is 7.39. The van der Waals surface area contributed by atoms with Crippen LogP contribution >= 0.6 is 0 Å². The van der Waals surface area contributed by atoms with Crippen molar-refractivity contribution in [1.29, 1.82) is 0 Å². The molecule has 0 saturated heterocycles. The van der Waals surface area contributed by atoms with Gasteiger partial charge in [0, 0.05) is 6.07 Å². The molecule has 0 saturated carbocycles. The lowest BCUT2D eigenvalue weighted by molar-refractivity contribution is -0.128. The molecule has 0 radical (unpaired) electrons. The SMILES string of the molecule is COc1cc(NS(C)(=O)=O)c(Oc2ccccc2)cc1C(=O)CN(C=O)C=O. The molecule has 0 aromatic heterocycles.